The van der Waals surface area contributed by atoms with Crippen molar-refractivity contribution in [3.05, 3.63) is 54.0 Å². The predicted octanol–water partition coefficient (Wildman–Crippen LogP) is 1.01. The lowest BCUT2D eigenvalue weighted by atomic mass is 10.1. The number of piperazine rings is 1. The second-order valence-electron chi connectivity index (χ2n) is 9.37. The number of fused-ring (bicyclic) bond motifs is 1. The van der Waals surface area contributed by atoms with Crippen molar-refractivity contribution in [2.45, 2.75) is 31.1 Å². The first-order valence-corrected chi connectivity index (χ1v) is 13.6. The van der Waals surface area contributed by atoms with Gasteiger partial charge in [-0.25, -0.2) is 23.1 Å². The molecule has 2 amide bonds. The molecular formula is C24H29N7O4S. The second kappa shape index (κ2) is 9.51. The van der Waals surface area contributed by atoms with E-state index in [4.69, 9.17) is 0 Å². The Kier molecular flexibility index (Phi) is 6.39. The summed E-state index contributed by atoms with van der Waals surface area (Å²) in [6, 6.07) is 8.72. The Morgan fingerprint density at radius 2 is 1.86 bits per heavy atom. The molecule has 3 aromatic rings. The first kappa shape index (κ1) is 24.2. The topological polar surface area (TPSA) is 140 Å². The van der Waals surface area contributed by atoms with Crippen LogP contribution < -0.4 is 14.9 Å². The van der Waals surface area contributed by atoms with Crippen molar-refractivity contribution in [1.29, 1.82) is 0 Å². The first-order chi connectivity index (χ1) is 17.3. The van der Waals surface area contributed by atoms with Crippen molar-refractivity contribution in [3.63, 3.8) is 0 Å². The van der Waals surface area contributed by atoms with E-state index in [0.29, 0.717) is 24.2 Å². The fraction of sp³-hybridized carbons (Fsp3) is 0.417. The Morgan fingerprint density at radius 3 is 2.58 bits per heavy atom. The van der Waals surface area contributed by atoms with Gasteiger partial charge in [0.05, 0.1) is 16.7 Å². The summed E-state index contributed by atoms with van der Waals surface area (Å²) in [5.41, 5.74) is 1.73. The normalized spacial score (nSPS) is 16.9. The second-order valence-corrected chi connectivity index (χ2v) is 11.2. The van der Waals surface area contributed by atoms with E-state index in [1.165, 1.54) is 6.92 Å². The van der Waals surface area contributed by atoms with E-state index in [0.717, 1.165) is 36.2 Å². The van der Waals surface area contributed by atoms with Gasteiger partial charge in [-0.15, -0.1) is 0 Å². The van der Waals surface area contributed by atoms with Crippen molar-refractivity contribution in [1.82, 2.24) is 29.9 Å². The molecule has 3 heterocycles. The van der Waals surface area contributed by atoms with Gasteiger partial charge in [-0.2, -0.15) is 0 Å². The van der Waals surface area contributed by atoms with E-state index in [1.807, 2.05) is 17.2 Å². The number of amides is 2. The number of benzene rings is 1. The highest BCUT2D eigenvalue weighted by molar-refractivity contribution is 7.88. The maximum absolute atomic E-state index is 13.4. The van der Waals surface area contributed by atoms with Crippen LogP contribution in [0.1, 0.15) is 35.7 Å². The number of aromatic nitrogens is 3. The zero-order valence-electron chi connectivity index (χ0n) is 20.0. The third-order valence-corrected chi connectivity index (χ3v) is 8.09. The summed E-state index contributed by atoms with van der Waals surface area (Å²) in [7, 11) is -3.55. The lowest BCUT2D eigenvalue weighted by Crippen LogP contribution is -2.57. The molecule has 1 spiro atoms. The third-order valence-electron chi connectivity index (χ3n) is 6.73. The Morgan fingerprint density at radius 1 is 1.08 bits per heavy atom. The van der Waals surface area contributed by atoms with Crippen molar-refractivity contribution >= 4 is 38.7 Å². The SMILES string of the molecule is CC(=O)NCCNS(=O)(=O)Cc1ccc(C(=O)N2CCN(c3ncnc4[nH]ccc34)CC23CC3)cc1. The summed E-state index contributed by atoms with van der Waals surface area (Å²) in [4.78, 5) is 40.4. The Labute approximate surface area is 209 Å². The quantitative estimate of drug-likeness (QED) is 0.383. The standard InChI is InChI=1S/C24H29N7O4S/c1-17(32)25-10-11-29-36(34,35)14-18-2-4-19(5-3-18)23(33)31-13-12-30(15-24(31)7-8-24)22-20-6-9-26-21(20)27-16-28-22/h2-6,9,16,29H,7-8,10-15H2,1H3,(H,25,32)(H,26,27,28). The molecule has 1 aliphatic carbocycles. The number of hydrogen-bond acceptors (Lipinski definition) is 7. The number of anilines is 1. The minimum atomic E-state index is -3.55. The van der Waals surface area contributed by atoms with Crippen LogP contribution in [0.3, 0.4) is 0 Å². The van der Waals surface area contributed by atoms with E-state index in [2.05, 4.69) is 29.9 Å². The zero-order chi connectivity index (χ0) is 25.3. The molecular weight excluding hydrogens is 482 g/mol. The summed E-state index contributed by atoms with van der Waals surface area (Å²) in [6.07, 6.45) is 5.30. The first-order valence-electron chi connectivity index (χ1n) is 11.9. The van der Waals surface area contributed by atoms with Crippen LogP contribution in [0.5, 0.6) is 0 Å². The number of rotatable bonds is 8. The smallest absolute Gasteiger partial charge is 0.254 e. The van der Waals surface area contributed by atoms with Crippen LogP contribution in [0, 0.1) is 0 Å². The molecule has 5 rings (SSSR count). The molecule has 3 N–H and O–H groups in total. The van der Waals surface area contributed by atoms with Gasteiger partial charge in [0.25, 0.3) is 5.91 Å². The van der Waals surface area contributed by atoms with E-state index in [9.17, 15) is 18.0 Å². The van der Waals surface area contributed by atoms with Crippen LogP contribution in [0.15, 0.2) is 42.9 Å². The molecule has 0 radical (unpaired) electrons. The molecule has 2 aromatic heterocycles. The molecule has 1 aliphatic heterocycles. The van der Waals surface area contributed by atoms with Gasteiger partial charge < -0.3 is 20.1 Å². The maximum atomic E-state index is 13.4. The summed E-state index contributed by atoms with van der Waals surface area (Å²) < 4.78 is 27.1. The lowest BCUT2D eigenvalue weighted by Gasteiger charge is -2.43. The Hall–Kier alpha value is -3.51. The van der Waals surface area contributed by atoms with Gasteiger partial charge >= 0.3 is 0 Å². The van der Waals surface area contributed by atoms with Crippen LogP contribution in [-0.4, -0.2) is 78.3 Å². The average molecular weight is 512 g/mol. The van der Waals surface area contributed by atoms with E-state index < -0.39 is 10.0 Å². The van der Waals surface area contributed by atoms with Gasteiger partial charge in [-0.05, 0) is 36.6 Å². The summed E-state index contributed by atoms with van der Waals surface area (Å²) >= 11 is 0. The number of nitrogens with one attached hydrogen (secondary N) is 3. The van der Waals surface area contributed by atoms with Gasteiger partial charge in [0.1, 0.15) is 17.8 Å². The number of aromatic amines is 1. The highest BCUT2D eigenvalue weighted by Crippen LogP contribution is 2.46. The molecule has 1 aromatic carbocycles. The number of hydrogen-bond donors (Lipinski definition) is 3. The van der Waals surface area contributed by atoms with Crippen molar-refractivity contribution in [3.8, 4) is 0 Å². The van der Waals surface area contributed by atoms with Gasteiger partial charge in [0.15, 0.2) is 0 Å². The van der Waals surface area contributed by atoms with E-state index in [1.54, 1.807) is 30.6 Å². The van der Waals surface area contributed by atoms with Crippen LogP contribution in [-0.2, 0) is 20.6 Å². The predicted molar refractivity (Wildman–Crippen MR) is 135 cm³/mol. The summed E-state index contributed by atoms with van der Waals surface area (Å²) in [5, 5.41) is 3.52. The number of H-pyrrole nitrogens is 1. The summed E-state index contributed by atoms with van der Waals surface area (Å²) in [5.74, 6) is 0.438. The number of carbonyl (C=O) groups is 2. The monoisotopic (exact) mass is 511 g/mol. The van der Waals surface area contributed by atoms with Gasteiger partial charge in [0, 0.05) is 51.4 Å². The molecule has 36 heavy (non-hydrogen) atoms. The minimum absolute atomic E-state index is 0.0375. The highest BCUT2D eigenvalue weighted by atomic mass is 32.2. The number of sulfonamides is 1. The molecule has 11 nitrogen and oxygen atoms in total. The average Bonchev–Trinajstić information content (AvgIpc) is 3.43. The van der Waals surface area contributed by atoms with Gasteiger partial charge in [0.2, 0.25) is 15.9 Å². The Balaban J connectivity index is 1.22. The molecule has 0 atom stereocenters. The number of nitrogens with zero attached hydrogens (tertiary/aromatic N) is 4. The fourth-order valence-corrected chi connectivity index (χ4v) is 5.92. The van der Waals surface area contributed by atoms with Crippen molar-refractivity contribution < 1.29 is 18.0 Å². The van der Waals surface area contributed by atoms with Gasteiger partial charge in [-0.3, -0.25) is 9.59 Å². The highest BCUT2D eigenvalue weighted by Gasteiger charge is 2.53. The molecule has 0 bridgehead atoms. The minimum Gasteiger partial charge on any atom is -0.355 e. The van der Waals surface area contributed by atoms with Crippen molar-refractivity contribution in [2.75, 3.05) is 37.6 Å². The maximum Gasteiger partial charge on any atom is 0.254 e. The number of carbonyl (C=O) groups excluding carboxylic acids is 2. The molecule has 0 unspecified atom stereocenters. The molecule has 190 valence electrons. The van der Waals surface area contributed by atoms with Crippen LogP contribution in [0.2, 0.25) is 0 Å². The lowest BCUT2D eigenvalue weighted by molar-refractivity contribution is -0.118. The van der Waals surface area contributed by atoms with Gasteiger partial charge in [-0.1, -0.05) is 12.1 Å². The molecule has 1 saturated carbocycles. The van der Waals surface area contributed by atoms with Crippen LogP contribution in [0.4, 0.5) is 5.82 Å². The third kappa shape index (κ3) is 5.05. The molecule has 2 aliphatic rings. The molecule has 1 saturated heterocycles. The van der Waals surface area contributed by atoms with Crippen molar-refractivity contribution in [2.24, 2.45) is 0 Å². The molecule has 12 heteroatoms. The zero-order valence-corrected chi connectivity index (χ0v) is 20.8. The fourth-order valence-electron chi connectivity index (χ4n) is 4.77. The Bertz CT molecular complexity index is 1380. The van der Waals surface area contributed by atoms with E-state index >= 15 is 0 Å². The molecule has 2 fully saturated rings. The van der Waals surface area contributed by atoms with E-state index in [-0.39, 0.29) is 36.2 Å². The van der Waals surface area contributed by atoms with Crippen LogP contribution in [0.25, 0.3) is 11.0 Å². The van der Waals surface area contributed by atoms with Crippen LogP contribution >= 0.6 is 0 Å². The largest absolute Gasteiger partial charge is 0.355 e. The summed E-state index contributed by atoms with van der Waals surface area (Å²) in [6.45, 7) is 3.70.